The molecular formula is C54H40N4. The third-order valence-corrected chi connectivity index (χ3v) is 11.2. The van der Waals surface area contributed by atoms with Crippen molar-refractivity contribution in [2.24, 2.45) is 0 Å². The average molecular weight is 745 g/mol. The van der Waals surface area contributed by atoms with Crippen LogP contribution in [0.2, 0.25) is 0 Å². The van der Waals surface area contributed by atoms with Crippen LogP contribution >= 0.6 is 0 Å². The van der Waals surface area contributed by atoms with Crippen molar-refractivity contribution in [2.45, 2.75) is 20.3 Å². The summed E-state index contributed by atoms with van der Waals surface area (Å²) in [5.74, 6) is 1.93. The van der Waals surface area contributed by atoms with Gasteiger partial charge in [-0.25, -0.2) is 15.0 Å². The van der Waals surface area contributed by atoms with Gasteiger partial charge in [0.2, 0.25) is 0 Å². The van der Waals surface area contributed by atoms with Gasteiger partial charge in [-0.1, -0.05) is 159 Å². The number of hydrogen-bond acceptors (Lipinski definition) is 3. The Morgan fingerprint density at radius 2 is 0.897 bits per heavy atom. The second kappa shape index (κ2) is 14.9. The van der Waals surface area contributed by atoms with Gasteiger partial charge in [0.1, 0.15) is 0 Å². The topological polar surface area (TPSA) is 43.6 Å². The van der Waals surface area contributed by atoms with Crippen molar-refractivity contribution in [1.29, 1.82) is 0 Å². The lowest BCUT2D eigenvalue weighted by Gasteiger charge is -2.16. The third-order valence-electron chi connectivity index (χ3n) is 11.2. The molecule has 0 atom stereocenters. The molecule has 0 aliphatic heterocycles. The zero-order chi connectivity index (χ0) is 39.0. The van der Waals surface area contributed by atoms with Crippen LogP contribution in [0.1, 0.15) is 18.1 Å². The number of fused-ring (bicyclic) bond motifs is 3. The fourth-order valence-corrected chi connectivity index (χ4v) is 8.34. The van der Waals surface area contributed by atoms with E-state index in [1.54, 1.807) is 0 Å². The van der Waals surface area contributed by atoms with Gasteiger partial charge in [0.05, 0.1) is 11.0 Å². The standard InChI is InChI=1S/C54H40N4/c1-3-44-46(24-15-25-47(44)45-23-14-13-16-36(45)2)42-28-32-48-49-34-41(37-17-7-4-8-18-37)29-33-50(49)58(51(48)35-42)43-30-26-40(27-31-43)54-56-52(38-19-9-5-10-20-38)55-53(57-54)39-21-11-6-12-22-39/h4-35H,3H2,1-2H3. The monoisotopic (exact) mass is 744 g/mol. The predicted octanol–water partition coefficient (Wildman–Crippen LogP) is 13.8. The molecule has 276 valence electrons. The van der Waals surface area contributed by atoms with Crippen LogP contribution in [-0.2, 0) is 6.42 Å². The molecule has 8 aromatic carbocycles. The minimum absolute atomic E-state index is 0.636. The van der Waals surface area contributed by atoms with E-state index < -0.39 is 0 Å². The Balaban J connectivity index is 1.14. The molecule has 0 aliphatic rings. The molecule has 0 saturated carbocycles. The molecule has 0 spiro atoms. The Bertz CT molecular complexity index is 3020. The van der Waals surface area contributed by atoms with E-state index in [1.807, 2.05) is 60.7 Å². The highest BCUT2D eigenvalue weighted by Gasteiger charge is 2.18. The molecule has 0 fully saturated rings. The molecule has 0 radical (unpaired) electrons. The van der Waals surface area contributed by atoms with E-state index >= 15 is 0 Å². The van der Waals surface area contributed by atoms with E-state index in [0.29, 0.717) is 17.5 Å². The Labute approximate surface area is 338 Å². The van der Waals surface area contributed by atoms with Gasteiger partial charge in [0, 0.05) is 33.2 Å². The molecule has 2 aromatic heterocycles. The molecule has 2 heterocycles. The van der Waals surface area contributed by atoms with E-state index in [9.17, 15) is 0 Å². The summed E-state index contributed by atoms with van der Waals surface area (Å²) in [4.78, 5) is 14.9. The van der Waals surface area contributed by atoms with Gasteiger partial charge in [0.15, 0.2) is 17.5 Å². The summed E-state index contributed by atoms with van der Waals surface area (Å²) < 4.78 is 2.40. The van der Waals surface area contributed by atoms with Crippen LogP contribution in [0.25, 0.3) is 95.0 Å². The first-order valence-corrected chi connectivity index (χ1v) is 19.9. The van der Waals surface area contributed by atoms with Crippen molar-refractivity contribution in [1.82, 2.24) is 19.5 Å². The molecule has 0 saturated heterocycles. The van der Waals surface area contributed by atoms with Gasteiger partial charge >= 0.3 is 0 Å². The SMILES string of the molecule is CCc1c(-c2ccc3c4cc(-c5ccccc5)ccc4n(-c4ccc(-c5nc(-c6ccccc6)nc(-c6ccccc6)n5)cc4)c3c2)cccc1-c1ccccc1C. The van der Waals surface area contributed by atoms with Gasteiger partial charge in [0.25, 0.3) is 0 Å². The lowest BCUT2D eigenvalue weighted by molar-refractivity contribution is 1.07. The highest BCUT2D eigenvalue weighted by Crippen LogP contribution is 2.40. The molecule has 4 nitrogen and oxygen atoms in total. The molecule has 0 N–H and O–H groups in total. The summed E-state index contributed by atoms with van der Waals surface area (Å²) in [5.41, 5.74) is 16.3. The molecule has 0 bridgehead atoms. The highest BCUT2D eigenvalue weighted by atomic mass is 15.0. The Hall–Kier alpha value is -7.43. The number of aromatic nitrogens is 4. The smallest absolute Gasteiger partial charge is 0.164 e. The van der Waals surface area contributed by atoms with Crippen LogP contribution in [0.15, 0.2) is 194 Å². The number of benzene rings is 8. The van der Waals surface area contributed by atoms with Crippen molar-refractivity contribution >= 4 is 21.8 Å². The summed E-state index contributed by atoms with van der Waals surface area (Å²) in [7, 11) is 0. The Kier molecular flexibility index (Phi) is 9.00. The first kappa shape index (κ1) is 35.0. The van der Waals surface area contributed by atoms with E-state index in [4.69, 9.17) is 15.0 Å². The molecular weight excluding hydrogens is 705 g/mol. The molecule has 0 unspecified atom stereocenters. The minimum atomic E-state index is 0.636. The van der Waals surface area contributed by atoms with E-state index in [1.165, 1.54) is 55.3 Å². The first-order valence-electron chi connectivity index (χ1n) is 19.9. The fourth-order valence-electron chi connectivity index (χ4n) is 8.34. The second-order valence-electron chi connectivity index (χ2n) is 14.8. The summed E-state index contributed by atoms with van der Waals surface area (Å²) in [6, 6.07) is 68.8. The third kappa shape index (κ3) is 6.35. The lowest BCUT2D eigenvalue weighted by Crippen LogP contribution is -2.00. The maximum Gasteiger partial charge on any atom is 0.164 e. The zero-order valence-electron chi connectivity index (χ0n) is 32.5. The predicted molar refractivity (Wildman–Crippen MR) is 241 cm³/mol. The number of aryl methyl sites for hydroxylation is 1. The zero-order valence-corrected chi connectivity index (χ0v) is 32.5. The van der Waals surface area contributed by atoms with E-state index in [2.05, 4.69) is 152 Å². The fraction of sp³-hybridized carbons (Fsp3) is 0.0556. The number of nitrogens with zero attached hydrogens (tertiary/aromatic N) is 4. The van der Waals surface area contributed by atoms with Crippen LogP contribution in [0, 0.1) is 6.92 Å². The van der Waals surface area contributed by atoms with Gasteiger partial charge in [-0.05, 0) is 100 Å². The average Bonchev–Trinajstić information content (AvgIpc) is 3.62. The minimum Gasteiger partial charge on any atom is -0.309 e. The molecule has 0 amide bonds. The van der Waals surface area contributed by atoms with Gasteiger partial charge in [-0.2, -0.15) is 0 Å². The quantitative estimate of drug-likeness (QED) is 0.156. The van der Waals surface area contributed by atoms with Crippen LogP contribution in [0.3, 0.4) is 0 Å². The van der Waals surface area contributed by atoms with Crippen molar-refractivity contribution < 1.29 is 0 Å². The largest absolute Gasteiger partial charge is 0.309 e. The molecule has 10 rings (SSSR count). The van der Waals surface area contributed by atoms with Crippen LogP contribution in [-0.4, -0.2) is 19.5 Å². The Morgan fingerprint density at radius 1 is 0.379 bits per heavy atom. The molecule has 4 heteroatoms. The van der Waals surface area contributed by atoms with Gasteiger partial charge in [-0.3, -0.25) is 0 Å². The first-order chi connectivity index (χ1) is 28.6. The van der Waals surface area contributed by atoms with Crippen molar-refractivity contribution in [2.75, 3.05) is 0 Å². The summed E-state index contributed by atoms with van der Waals surface area (Å²) in [5, 5.41) is 2.43. The van der Waals surface area contributed by atoms with Crippen molar-refractivity contribution in [3.63, 3.8) is 0 Å². The summed E-state index contributed by atoms with van der Waals surface area (Å²) >= 11 is 0. The van der Waals surface area contributed by atoms with Crippen LogP contribution in [0.5, 0.6) is 0 Å². The van der Waals surface area contributed by atoms with Crippen molar-refractivity contribution in [3.8, 4) is 73.2 Å². The summed E-state index contributed by atoms with van der Waals surface area (Å²) in [6.45, 7) is 4.47. The van der Waals surface area contributed by atoms with Crippen molar-refractivity contribution in [3.05, 3.63) is 205 Å². The highest BCUT2D eigenvalue weighted by molar-refractivity contribution is 6.11. The van der Waals surface area contributed by atoms with E-state index in [-0.39, 0.29) is 0 Å². The van der Waals surface area contributed by atoms with Crippen LogP contribution in [0.4, 0.5) is 0 Å². The normalized spacial score (nSPS) is 11.3. The van der Waals surface area contributed by atoms with Crippen LogP contribution < -0.4 is 0 Å². The second-order valence-corrected chi connectivity index (χ2v) is 14.8. The summed E-state index contributed by atoms with van der Waals surface area (Å²) in [6.07, 6.45) is 0.928. The van der Waals surface area contributed by atoms with Gasteiger partial charge in [-0.15, -0.1) is 0 Å². The number of hydrogen-bond donors (Lipinski definition) is 0. The molecule has 0 aliphatic carbocycles. The maximum atomic E-state index is 5.00. The Morgan fingerprint density at radius 3 is 1.52 bits per heavy atom. The van der Waals surface area contributed by atoms with E-state index in [0.717, 1.165) is 39.8 Å². The lowest BCUT2D eigenvalue weighted by atomic mass is 9.88. The molecule has 10 aromatic rings. The maximum absolute atomic E-state index is 5.00. The molecule has 58 heavy (non-hydrogen) atoms. The number of rotatable bonds is 8. The van der Waals surface area contributed by atoms with Gasteiger partial charge < -0.3 is 4.57 Å².